The summed E-state index contributed by atoms with van der Waals surface area (Å²) in [7, 11) is 0. The van der Waals surface area contributed by atoms with Gasteiger partial charge in [-0.1, -0.05) is 43.9 Å². The van der Waals surface area contributed by atoms with Crippen LogP contribution < -0.4 is 10.6 Å². The number of nitrogens with zero attached hydrogens (tertiary/aromatic N) is 1. The van der Waals surface area contributed by atoms with E-state index in [4.69, 9.17) is 11.6 Å². The smallest absolute Gasteiger partial charge is 0.269 e. The lowest BCUT2D eigenvalue weighted by Crippen LogP contribution is -2.35. The number of aromatic nitrogens is 1. The topological polar surface area (TPSA) is 71.1 Å². The summed E-state index contributed by atoms with van der Waals surface area (Å²) in [4.78, 5) is 28.8. The third kappa shape index (κ3) is 8.54. The Hall–Kier alpha value is -2.40. The third-order valence-corrected chi connectivity index (χ3v) is 5.23. The van der Waals surface area contributed by atoms with Gasteiger partial charge in [0, 0.05) is 29.4 Å². The second-order valence-corrected chi connectivity index (χ2v) is 8.08. The van der Waals surface area contributed by atoms with Crippen LogP contribution in [0.2, 0.25) is 5.02 Å². The molecule has 5 nitrogen and oxygen atoms in total. The molecule has 162 valence electrons. The molecule has 0 bridgehead atoms. The van der Waals surface area contributed by atoms with Crippen molar-refractivity contribution in [1.82, 2.24) is 15.6 Å². The number of hydrogen-bond acceptors (Lipinski definition) is 3. The van der Waals surface area contributed by atoms with E-state index in [0.717, 1.165) is 50.5 Å². The van der Waals surface area contributed by atoms with Gasteiger partial charge in [0.05, 0.1) is 0 Å². The van der Waals surface area contributed by atoms with Crippen LogP contribution in [0.25, 0.3) is 0 Å². The van der Waals surface area contributed by atoms with Crippen LogP contribution in [-0.4, -0.2) is 29.4 Å². The van der Waals surface area contributed by atoms with Gasteiger partial charge in [-0.05, 0) is 68.5 Å². The first kappa shape index (κ1) is 23.9. The van der Waals surface area contributed by atoms with Gasteiger partial charge in [0.1, 0.15) is 5.69 Å². The summed E-state index contributed by atoms with van der Waals surface area (Å²) in [5.41, 5.74) is 2.04. The first-order valence-electron chi connectivity index (χ1n) is 10.8. The summed E-state index contributed by atoms with van der Waals surface area (Å²) in [6.07, 6.45) is 8.66. The second-order valence-electron chi connectivity index (χ2n) is 7.65. The molecule has 0 fully saturated rings. The average Bonchev–Trinajstić information content (AvgIpc) is 2.73. The van der Waals surface area contributed by atoms with Crippen molar-refractivity contribution in [2.24, 2.45) is 0 Å². The summed E-state index contributed by atoms with van der Waals surface area (Å²) in [6, 6.07) is 10.8. The Morgan fingerprint density at radius 1 is 1.03 bits per heavy atom. The summed E-state index contributed by atoms with van der Waals surface area (Å²) < 4.78 is 0. The van der Waals surface area contributed by atoms with Crippen molar-refractivity contribution in [2.45, 2.75) is 64.8 Å². The number of amides is 2. The van der Waals surface area contributed by atoms with Gasteiger partial charge in [-0.2, -0.15) is 0 Å². The summed E-state index contributed by atoms with van der Waals surface area (Å²) in [6.45, 7) is 4.71. The number of benzene rings is 1. The molecule has 1 aromatic carbocycles. The molecule has 2 amide bonds. The van der Waals surface area contributed by atoms with Crippen molar-refractivity contribution in [2.75, 3.05) is 6.54 Å². The third-order valence-electron chi connectivity index (χ3n) is 4.99. The van der Waals surface area contributed by atoms with Crippen LogP contribution in [0.3, 0.4) is 0 Å². The first-order valence-corrected chi connectivity index (χ1v) is 11.1. The molecule has 2 rings (SSSR count). The highest BCUT2D eigenvalue weighted by molar-refractivity contribution is 6.30. The number of halogens is 1. The van der Waals surface area contributed by atoms with Crippen molar-refractivity contribution < 1.29 is 9.59 Å². The minimum Gasteiger partial charge on any atom is -0.351 e. The van der Waals surface area contributed by atoms with Crippen molar-refractivity contribution in [3.05, 3.63) is 64.4 Å². The Bertz CT molecular complexity index is 826. The van der Waals surface area contributed by atoms with Gasteiger partial charge in [0.2, 0.25) is 0 Å². The Labute approximate surface area is 184 Å². The van der Waals surface area contributed by atoms with E-state index in [0.29, 0.717) is 22.8 Å². The molecule has 2 N–H and O–H groups in total. The lowest BCUT2D eigenvalue weighted by Gasteiger charge is -2.19. The zero-order valence-corrected chi connectivity index (χ0v) is 18.7. The zero-order chi connectivity index (χ0) is 21.8. The van der Waals surface area contributed by atoms with Gasteiger partial charge in [0.25, 0.3) is 11.8 Å². The summed E-state index contributed by atoms with van der Waals surface area (Å²) >= 11 is 6.01. The van der Waals surface area contributed by atoms with Crippen LogP contribution in [0.4, 0.5) is 0 Å². The van der Waals surface area contributed by atoms with Crippen LogP contribution in [0.15, 0.2) is 42.6 Å². The molecule has 6 heteroatoms. The van der Waals surface area contributed by atoms with Crippen LogP contribution >= 0.6 is 11.6 Å². The Morgan fingerprint density at radius 2 is 1.80 bits per heavy atom. The van der Waals surface area contributed by atoms with E-state index in [9.17, 15) is 9.59 Å². The molecular weight excluding hydrogens is 398 g/mol. The Kier molecular flexibility index (Phi) is 10.4. The van der Waals surface area contributed by atoms with E-state index in [1.165, 1.54) is 0 Å². The number of pyridine rings is 1. The van der Waals surface area contributed by atoms with Crippen molar-refractivity contribution >= 4 is 23.4 Å². The maximum absolute atomic E-state index is 12.6. The predicted molar refractivity (Wildman–Crippen MR) is 122 cm³/mol. The lowest BCUT2D eigenvalue weighted by atomic mass is 10.0. The van der Waals surface area contributed by atoms with Crippen LogP contribution in [-0.2, 0) is 0 Å². The quantitative estimate of drug-likeness (QED) is 0.448. The maximum Gasteiger partial charge on any atom is 0.269 e. The van der Waals surface area contributed by atoms with Gasteiger partial charge < -0.3 is 10.6 Å². The van der Waals surface area contributed by atoms with Crippen LogP contribution in [0, 0.1) is 6.92 Å². The summed E-state index contributed by atoms with van der Waals surface area (Å²) in [5, 5.41) is 6.64. The Balaban J connectivity index is 1.78. The highest BCUT2D eigenvalue weighted by atomic mass is 35.5. The molecule has 1 heterocycles. The van der Waals surface area contributed by atoms with Gasteiger partial charge in [-0.15, -0.1) is 0 Å². The van der Waals surface area contributed by atoms with Gasteiger partial charge >= 0.3 is 0 Å². The number of unbranched alkanes of at least 4 members (excludes halogenated alkanes) is 3. The van der Waals surface area contributed by atoms with Crippen LogP contribution in [0.5, 0.6) is 0 Å². The average molecular weight is 430 g/mol. The minimum absolute atomic E-state index is 0.0853. The molecule has 0 radical (unpaired) electrons. The molecule has 1 atom stereocenters. The van der Waals surface area contributed by atoms with E-state index >= 15 is 0 Å². The molecular formula is C24H32ClN3O2. The molecule has 0 aliphatic carbocycles. The number of hydrogen-bond donors (Lipinski definition) is 2. The highest BCUT2D eigenvalue weighted by Crippen LogP contribution is 2.14. The van der Waals surface area contributed by atoms with Gasteiger partial charge in [-0.3, -0.25) is 14.6 Å². The largest absolute Gasteiger partial charge is 0.351 e. The number of carbonyl (C=O) groups excluding carboxylic acids is 2. The van der Waals surface area contributed by atoms with Crippen LogP contribution in [0.1, 0.15) is 78.3 Å². The van der Waals surface area contributed by atoms with E-state index in [-0.39, 0.29) is 17.9 Å². The molecule has 0 aliphatic rings. The van der Waals surface area contributed by atoms with E-state index in [2.05, 4.69) is 22.5 Å². The molecule has 2 aromatic rings. The fourth-order valence-corrected chi connectivity index (χ4v) is 3.49. The van der Waals surface area contributed by atoms with E-state index < -0.39 is 0 Å². The normalized spacial score (nSPS) is 11.7. The number of aryl methyl sites for hydroxylation is 1. The molecule has 0 saturated heterocycles. The first-order chi connectivity index (χ1) is 14.5. The molecule has 1 unspecified atom stereocenters. The Morgan fingerprint density at radius 3 is 2.50 bits per heavy atom. The zero-order valence-electron chi connectivity index (χ0n) is 17.9. The standard InChI is InChI=1S/C24H32ClN3O2/c1-3-4-5-11-21(28-23(29)19-9-8-10-20(25)17-19)12-6-7-14-27-24(30)22-16-18(2)13-15-26-22/h8-10,13,15-17,21H,3-7,11-12,14H2,1-2H3,(H,27,30)(H,28,29). The van der Waals surface area contributed by atoms with Crippen molar-refractivity contribution in [1.29, 1.82) is 0 Å². The number of nitrogens with one attached hydrogen (secondary N) is 2. The van der Waals surface area contributed by atoms with Gasteiger partial charge in [-0.25, -0.2) is 0 Å². The van der Waals surface area contributed by atoms with E-state index in [1.54, 1.807) is 36.5 Å². The molecule has 1 aromatic heterocycles. The SMILES string of the molecule is CCCCCC(CCCCNC(=O)c1cc(C)ccn1)NC(=O)c1cccc(Cl)c1. The number of rotatable bonds is 12. The van der Waals surface area contributed by atoms with Crippen molar-refractivity contribution in [3.63, 3.8) is 0 Å². The van der Waals surface area contributed by atoms with E-state index in [1.807, 2.05) is 13.0 Å². The highest BCUT2D eigenvalue weighted by Gasteiger charge is 2.14. The molecule has 0 spiro atoms. The fraction of sp³-hybridized carbons (Fsp3) is 0.458. The molecule has 0 aliphatic heterocycles. The van der Waals surface area contributed by atoms with Gasteiger partial charge in [0.15, 0.2) is 0 Å². The maximum atomic E-state index is 12.6. The minimum atomic E-state index is -0.146. The second kappa shape index (κ2) is 13.0. The monoisotopic (exact) mass is 429 g/mol. The summed E-state index contributed by atoms with van der Waals surface area (Å²) in [5.74, 6) is -0.231. The number of carbonyl (C=O) groups is 2. The fourth-order valence-electron chi connectivity index (χ4n) is 3.30. The molecule has 0 saturated carbocycles. The lowest BCUT2D eigenvalue weighted by molar-refractivity contribution is 0.0930. The molecule has 30 heavy (non-hydrogen) atoms. The van der Waals surface area contributed by atoms with Crippen molar-refractivity contribution in [3.8, 4) is 0 Å². The predicted octanol–water partition coefficient (Wildman–Crippen LogP) is 5.32.